The van der Waals surface area contributed by atoms with Crippen LogP contribution in [-0.2, 0) is 13.0 Å². The Bertz CT molecular complexity index is 327. The Kier molecular flexibility index (Phi) is 2.33. The molecule has 2 nitrogen and oxygen atoms in total. The van der Waals surface area contributed by atoms with Crippen molar-refractivity contribution in [2.24, 2.45) is 0 Å². The van der Waals surface area contributed by atoms with E-state index in [0.717, 1.165) is 13.0 Å². The Labute approximate surface area is 85.0 Å². The predicted molar refractivity (Wildman–Crippen MR) is 57.1 cm³/mol. The van der Waals surface area contributed by atoms with Gasteiger partial charge in [0.25, 0.3) is 0 Å². The van der Waals surface area contributed by atoms with E-state index in [9.17, 15) is 5.11 Å². The van der Waals surface area contributed by atoms with E-state index in [-0.39, 0.29) is 6.04 Å². The molecule has 1 aliphatic rings. The van der Waals surface area contributed by atoms with Crippen LogP contribution in [0.5, 0.6) is 0 Å². The molecule has 2 N–H and O–H groups in total. The molecule has 2 heteroatoms. The molecule has 0 aliphatic carbocycles. The Morgan fingerprint density at radius 1 is 1.29 bits per heavy atom. The fourth-order valence-corrected chi connectivity index (χ4v) is 1.95. The fourth-order valence-electron chi connectivity index (χ4n) is 1.95. The highest BCUT2D eigenvalue weighted by Crippen LogP contribution is 2.21. The highest BCUT2D eigenvalue weighted by molar-refractivity contribution is 5.30. The maximum absolute atomic E-state index is 9.91. The standard InChI is InChI=1S/C12H17NO/c1-12(2,14)11-7-9-5-3-4-6-10(9)8-13-11/h3-6,11,13-14H,7-8H2,1-2H3. The van der Waals surface area contributed by atoms with Gasteiger partial charge in [0.15, 0.2) is 0 Å². The van der Waals surface area contributed by atoms with E-state index in [2.05, 4.69) is 29.6 Å². The third kappa shape index (κ3) is 1.81. The van der Waals surface area contributed by atoms with Crippen LogP contribution in [0.2, 0.25) is 0 Å². The van der Waals surface area contributed by atoms with Crippen molar-refractivity contribution < 1.29 is 5.11 Å². The molecule has 0 aromatic heterocycles. The van der Waals surface area contributed by atoms with Crippen LogP contribution in [0.25, 0.3) is 0 Å². The summed E-state index contributed by atoms with van der Waals surface area (Å²) in [4.78, 5) is 0. The van der Waals surface area contributed by atoms with Crippen molar-refractivity contribution in [3.63, 3.8) is 0 Å². The molecule has 14 heavy (non-hydrogen) atoms. The summed E-state index contributed by atoms with van der Waals surface area (Å²) in [5.74, 6) is 0. The molecule has 1 aromatic carbocycles. The van der Waals surface area contributed by atoms with Crippen LogP contribution in [0.3, 0.4) is 0 Å². The molecule has 2 rings (SSSR count). The van der Waals surface area contributed by atoms with Gasteiger partial charge in [-0.15, -0.1) is 0 Å². The summed E-state index contributed by atoms with van der Waals surface area (Å²) in [6.07, 6.45) is 0.916. The van der Waals surface area contributed by atoms with E-state index >= 15 is 0 Å². The van der Waals surface area contributed by atoms with Gasteiger partial charge < -0.3 is 10.4 Å². The van der Waals surface area contributed by atoms with Crippen LogP contribution in [0.4, 0.5) is 0 Å². The molecule has 0 bridgehead atoms. The topological polar surface area (TPSA) is 32.3 Å². The van der Waals surface area contributed by atoms with Gasteiger partial charge in [-0.3, -0.25) is 0 Å². The molecule has 0 saturated heterocycles. The summed E-state index contributed by atoms with van der Waals surface area (Å²) >= 11 is 0. The summed E-state index contributed by atoms with van der Waals surface area (Å²) in [5.41, 5.74) is 2.07. The van der Waals surface area contributed by atoms with Crippen LogP contribution >= 0.6 is 0 Å². The maximum atomic E-state index is 9.91. The first-order valence-electron chi connectivity index (χ1n) is 5.10. The van der Waals surface area contributed by atoms with E-state index in [1.807, 2.05) is 13.8 Å². The first kappa shape index (κ1) is 9.69. The number of benzene rings is 1. The molecule has 76 valence electrons. The first-order chi connectivity index (χ1) is 6.57. The van der Waals surface area contributed by atoms with E-state index in [1.165, 1.54) is 11.1 Å². The van der Waals surface area contributed by atoms with Gasteiger partial charge in [0, 0.05) is 12.6 Å². The lowest BCUT2D eigenvalue weighted by Gasteiger charge is -2.34. The molecule has 1 aliphatic heterocycles. The van der Waals surface area contributed by atoms with Gasteiger partial charge in [-0.25, -0.2) is 0 Å². The van der Waals surface area contributed by atoms with Crippen LogP contribution in [-0.4, -0.2) is 16.7 Å². The second kappa shape index (κ2) is 3.37. The molecule has 0 saturated carbocycles. The van der Waals surface area contributed by atoms with Crippen LogP contribution in [0.1, 0.15) is 25.0 Å². The summed E-state index contributed by atoms with van der Waals surface area (Å²) < 4.78 is 0. The van der Waals surface area contributed by atoms with Gasteiger partial charge in [-0.2, -0.15) is 0 Å². The first-order valence-corrected chi connectivity index (χ1v) is 5.10. The van der Waals surface area contributed by atoms with Gasteiger partial charge in [0.1, 0.15) is 0 Å². The van der Waals surface area contributed by atoms with E-state index in [1.54, 1.807) is 0 Å². The van der Waals surface area contributed by atoms with Gasteiger partial charge in [-0.05, 0) is 31.4 Å². The lowest BCUT2D eigenvalue weighted by atomic mass is 9.87. The van der Waals surface area contributed by atoms with Crippen molar-refractivity contribution in [3.05, 3.63) is 35.4 Å². The van der Waals surface area contributed by atoms with Crippen molar-refractivity contribution in [1.82, 2.24) is 5.32 Å². The summed E-state index contributed by atoms with van der Waals surface area (Å²) in [6.45, 7) is 4.59. The normalized spacial score (nSPS) is 21.8. The molecule has 0 radical (unpaired) electrons. The monoisotopic (exact) mass is 191 g/mol. The summed E-state index contributed by atoms with van der Waals surface area (Å²) in [7, 11) is 0. The average Bonchev–Trinajstić information content (AvgIpc) is 2.16. The molecule has 1 aromatic rings. The third-order valence-corrected chi connectivity index (χ3v) is 2.93. The fraction of sp³-hybridized carbons (Fsp3) is 0.500. The zero-order valence-electron chi connectivity index (χ0n) is 8.75. The summed E-state index contributed by atoms with van der Waals surface area (Å²) in [6, 6.07) is 8.58. The Hall–Kier alpha value is -0.860. The van der Waals surface area contributed by atoms with Gasteiger partial charge in [0.05, 0.1) is 5.60 Å². The second-order valence-electron chi connectivity index (χ2n) is 4.56. The number of aliphatic hydroxyl groups is 1. The summed E-state index contributed by atoms with van der Waals surface area (Å²) in [5, 5.41) is 13.3. The lowest BCUT2D eigenvalue weighted by Crippen LogP contribution is -2.50. The van der Waals surface area contributed by atoms with Gasteiger partial charge in [-0.1, -0.05) is 24.3 Å². The predicted octanol–water partition coefficient (Wildman–Crippen LogP) is 1.47. The highest BCUT2D eigenvalue weighted by atomic mass is 16.3. The lowest BCUT2D eigenvalue weighted by molar-refractivity contribution is 0.0345. The molecular formula is C12H17NO. The van der Waals surface area contributed by atoms with Crippen LogP contribution in [0.15, 0.2) is 24.3 Å². The van der Waals surface area contributed by atoms with E-state index in [0.29, 0.717) is 0 Å². The minimum absolute atomic E-state index is 0.164. The van der Waals surface area contributed by atoms with Crippen molar-refractivity contribution in [3.8, 4) is 0 Å². The SMILES string of the molecule is CC(C)(O)C1Cc2ccccc2CN1. The Morgan fingerprint density at radius 3 is 2.57 bits per heavy atom. The molecule has 1 unspecified atom stereocenters. The smallest absolute Gasteiger partial charge is 0.0747 e. The van der Waals surface area contributed by atoms with Gasteiger partial charge >= 0.3 is 0 Å². The molecular weight excluding hydrogens is 174 g/mol. The highest BCUT2D eigenvalue weighted by Gasteiger charge is 2.29. The quantitative estimate of drug-likeness (QED) is 0.704. The zero-order chi connectivity index (χ0) is 10.2. The molecule has 1 atom stereocenters. The molecule has 0 spiro atoms. The maximum Gasteiger partial charge on any atom is 0.0747 e. The second-order valence-corrected chi connectivity index (χ2v) is 4.56. The number of hydrogen-bond acceptors (Lipinski definition) is 2. The van der Waals surface area contributed by atoms with Crippen LogP contribution in [0, 0.1) is 0 Å². The number of hydrogen-bond donors (Lipinski definition) is 2. The van der Waals surface area contributed by atoms with E-state index < -0.39 is 5.60 Å². The number of fused-ring (bicyclic) bond motifs is 1. The third-order valence-electron chi connectivity index (χ3n) is 2.93. The molecule has 0 fully saturated rings. The number of rotatable bonds is 1. The van der Waals surface area contributed by atoms with Crippen molar-refractivity contribution in [1.29, 1.82) is 0 Å². The minimum atomic E-state index is -0.645. The minimum Gasteiger partial charge on any atom is -0.389 e. The van der Waals surface area contributed by atoms with Crippen molar-refractivity contribution in [2.45, 2.75) is 38.5 Å². The van der Waals surface area contributed by atoms with E-state index in [4.69, 9.17) is 0 Å². The van der Waals surface area contributed by atoms with Gasteiger partial charge in [0.2, 0.25) is 0 Å². The van der Waals surface area contributed by atoms with Crippen molar-refractivity contribution in [2.75, 3.05) is 0 Å². The Balaban J connectivity index is 2.22. The molecule has 0 amide bonds. The number of nitrogens with one attached hydrogen (secondary N) is 1. The van der Waals surface area contributed by atoms with Crippen LogP contribution < -0.4 is 5.32 Å². The average molecular weight is 191 g/mol. The van der Waals surface area contributed by atoms with Crippen molar-refractivity contribution >= 4 is 0 Å². The molecule has 1 heterocycles. The largest absolute Gasteiger partial charge is 0.389 e. The Morgan fingerprint density at radius 2 is 1.93 bits per heavy atom. The zero-order valence-corrected chi connectivity index (χ0v) is 8.75.